The molecule has 0 amide bonds. The minimum absolute atomic E-state index is 0.324. The van der Waals surface area contributed by atoms with Gasteiger partial charge in [0.25, 0.3) is 0 Å². The van der Waals surface area contributed by atoms with Gasteiger partial charge in [0.1, 0.15) is 0 Å². The van der Waals surface area contributed by atoms with Crippen LogP contribution in [0.4, 0.5) is 5.69 Å². The molecule has 0 fully saturated rings. The molecule has 0 aliphatic heterocycles. The van der Waals surface area contributed by atoms with Gasteiger partial charge in [-0.3, -0.25) is 0 Å². The summed E-state index contributed by atoms with van der Waals surface area (Å²) in [7, 11) is 0. The molecular weight excluding hydrogens is 362 g/mol. The number of allylic oxidation sites excluding steroid dienone is 3. The SMILES string of the molecule is Cc1cccc(NC2C=CC(C=C(c3ccccc3)c3cc(C)cc(C)c3)=CC2)c1. The Labute approximate surface area is 180 Å². The Morgan fingerprint density at radius 1 is 0.800 bits per heavy atom. The number of hydrogen-bond acceptors (Lipinski definition) is 1. The first-order chi connectivity index (χ1) is 14.6. The highest BCUT2D eigenvalue weighted by atomic mass is 14.9. The van der Waals surface area contributed by atoms with Crippen LogP contribution in [0.1, 0.15) is 34.2 Å². The molecule has 0 spiro atoms. The van der Waals surface area contributed by atoms with Gasteiger partial charge in [0, 0.05) is 11.7 Å². The quantitative estimate of drug-likeness (QED) is 0.477. The van der Waals surface area contributed by atoms with E-state index in [-0.39, 0.29) is 0 Å². The van der Waals surface area contributed by atoms with Gasteiger partial charge in [-0.25, -0.2) is 0 Å². The van der Waals surface area contributed by atoms with E-state index in [1.54, 1.807) is 0 Å². The summed E-state index contributed by atoms with van der Waals surface area (Å²) in [5.74, 6) is 0. The molecule has 0 saturated heterocycles. The van der Waals surface area contributed by atoms with Gasteiger partial charge in [-0.15, -0.1) is 0 Å². The van der Waals surface area contributed by atoms with Gasteiger partial charge in [-0.2, -0.15) is 0 Å². The molecule has 1 atom stereocenters. The van der Waals surface area contributed by atoms with Crippen molar-refractivity contribution in [1.82, 2.24) is 0 Å². The highest BCUT2D eigenvalue weighted by molar-refractivity contribution is 5.82. The van der Waals surface area contributed by atoms with Gasteiger partial charge in [0.2, 0.25) is 0 Å². The minimum Gasteiger partial charge on any atom is -0.379 e. The van der Waals surface area contributed by atoms with Crippen LogP contribution in [0, 0.1) is 20.8 Å². The maximum atomic E-state index is 3.62. The van der Waals surface area contributed by atoms with E-state index in [0.29, 0.717) is 6.04 Å². The van der Waals surface area contributed by atoms with Crippen molar-refractivity contribution in [2.24, 2.45) is 0 Å². The molecule has 0 saturated carbocycles. The Morgan fingerprint density at radius 2 is 1.57 bits per heavy atom. The average Bonchev–Trinajstić information content (AvgIpc) is 2.73. The molecule has 1 heteroatoms. The van der Waals surface area contributed by atoms with E-state index in [1.807, 2.05) is 0 Å². The molecule has 1 N–H and O–H groups in total. The Bertz CT molecular complexity index is 1100. The molecule has 150 valence electrons. The van der Waals surface area contributed by atoms with Gasteiger partial charge in [0.05, 0.1) is 0 Å². The average molecular weight is 392 g/mol. The van der Waals surface area contributed by atoms with Crippen molar-refractivity contribution in [3.05, 3.63) is 130 Å². The van der Waals surface area contributed by atoms with Crippen LogP contribution < -0.4 is 5.32 Å². The summed E-state index contributed by atoms with van der Waals surface area (Å²) < 4.78 is 0. The topological polar surface area (TPSA) is 12.0 Å². The monoisotopic (exact) mass is 391 g/mol. The minimum atomic E-state index is 0.324. The van der Waals surface area contributed by atoms with E-state index in [0.717, 1.165) is 6.42 Å². The molecule has 30 heavy (non-hydrogen) atoms. The van der Waals surface area contributed by atoms with Crippen molar-refractivity contribution in [1.29, 1.82) is 0 Å². The molecular formula is C29H29N. The highest BCUT2D eigenvalue weighted by Crippen LogP contribution is 2.28. The standard InChI is InChI=1S/C29H29N/c1-21-8-7-11-28(19-21)30-27-14-12-24(13-15-27)20-29(25-9-5-4-6-10-25)26-17-22(2)16-23(3)18-26/h4-14,16-20,27,30H,15H2,1-3H3. The lowest BCUT2D eigenvalue weighted by Gasteiger charge is -2.19. The van der Waals surface area contributed by atoms with Crippen molar-refractivity contribution in [3.63, 3.8) is 0 Å². The van der Waals surface area contributed by atoms with Crippen LogP contribution in [-0.2, 0) is 0 Å². The van der Waals surface area contributed by atoms with Crippen molar-refractivity contribution in [2.45, 2.75) is 33.2 Å². The maximum Gasteiger partial charge on any atom is 0.0482 e. The predicted octanol–water partition coefficient (Wildman–Crippen LogP) is 7.41. The lowest BCUT2D eigenvalue weighted by molar-refractivity contribution is 0.877. The normalized spacial score (nSPS) is 16.3. The van der Waals surface area contributed by atoms with E-state index in [1.165, 1.54) is 44.7 Å². The molecule has 3 aromatic carbocycles. The molecule has 0 bridgehead atoms. The molecule has 1 aliphatic rings. The number of hydrogen-bond donors (Lipinski definition) is 1. The van der Waals surface area contributed by atoms with E-state index < -0.39 is 0 Å². The second-order valence-corrected chi connectivity index (χ2v) is 8.22. The van der Waals surface area contributed by atoms with Crippen molar-refractivity contribution < 1.29 is 0 Å². The number of aryl methyl sites for hydroxylation is 3. The second-order valence-electron chi connectivity index (χ2n) is 8.22. The smallest absolute Gasteiger partial charge is 0.0482 e. The van der Waals surface area contributed by atoms with Crippen LogP contribution in [0.3, 0.4) is 0 Å². The first kappa shape index (κ1) is 20.0. The van der Waals surface area contributed by atoms with Crippen molar-refractivity contribution >= 4 is 11.3 Å². The van der Waals surface area contributed by atoms with Crippen LogP contribution >= 0.6 is 0 Å². The van der Waals surface area contributed by atoms with E-state index in [4.69, 9.17) is 0 Å². The van der Waals surface area contributed by atoms with Gasteiger partial charge < -0.3 is 5.32 Å². The third-order valence-corrected chi connectivity index (χ3v) is 5.43. The van der Waals surface area contributed by atoms with E-state index >= 15 is 0 Å². The third-order valence-electron chi connectivity index (χ3n) is 5.43. The summed E-state index contributed by atoms with van der Waals surface area (Å²) in [6.07, 6.45) is 10.1. The molecule has 1 aliphatic carbocycles. The van der Waals surface area contributed by atoms with Gasteiger partial charge in [-0.05, 0) is 73.2 Å². The second kappa shape index (κ2) is 9.00. The third kappa shape index (κ3) is 4.99. The van der Waals surface area contributed by atoms with Crippen molar-refractivity contribution in [2.75, 3.05) is 5.32 Å². The van der Waals surface area contributed by atoms with Gasteiger partial charge in [0.15, 0.2) is 0 Å². The zero-order chi connectivity index (χ0) is 20.9. The zero-order valence-corrected chi connectivity index (χ0v) is 18.0. The van der Waals surface area contributed by atoms with E-state index in [2.05, 4.69) is 123 Å². The molecule has 1 unspecified atom stereocenters. The number of nitrogens with one attached hydrogen (secondary N) is 1. The summed E-state index contributed by atoms with van der Waals surface area (Å²) in [5, 5.41) is 3.62. The first-order valence-corrected chi connectivity index (χ1v) is 10.6. The lowest BCUT2D eigenvalue weighted by Crippen LogP contribution is -2.17. The van der Waals surface area contributed by atoms with Gasteiger partial charge >= 0.3 is 0 Å². The van der Waals surface area contributed by atoms with E-state index in [9.17, 15) is 0 Å². The summed E-state index contributed by atoms with van der Waals surface area (Å²) in [4.78, 5) is 0. The van der Waals surface area contributed by atoms with Crippen LogP contribution in [0.2, 0.25) is 0 Å². The van der Waals surface area contributed by atoms with Gasteiger partial charge in [-0.1, -0.05) is 90.0 Å². The molecule has 1 nitrogen and oxygen atoms in total. The fourth-order valence-corrected chi connectivity index (χ4v) is 4.05. The number of anilines is 1. The van der Waals surface area contributed by atoms with Crippen molar-refractivity contribution in [3.8, 4) is 0 Å². The fraction of sp³-hybridized carbons (Fsp3) is 0.172. The number of benzene rings is 3. The summed E-state index contributed by atoms with van der Waals surface area (Å²) in [6, 6.07) is 26.3. The molecule has 0 aromatic heterocycles. The Hall–Kier alpha value is -3.32. The predicted molar refractivity (Wildman–Crippen MR) is 130 cm³/mol. The molecule has 3 aromatic rings. The number of rotatable bonds is 5. The Balaban J connectivity index is 1.60. The Morgan fingerprint density at radius 3 is 2.23 bits per heavy atom. The van der Waals surface area contributed by atoms with Crippen LogP contribution in [0.25, 0.3) is 5.57 Å². The molecule has 0 radical (unpaired) electrons. The largest absolute Gasteiger partial charge is 0.379 e. The first-order valence-electron chi connectivity index (χ1n) is 10.6. The van der Waals surface area contributed by atoms with Crippen LogP contribution in [0.5, 0.6) is 0 Å². The zero-order valence-electron chi connectivity index (χ0n) is 18.0. The molecule has 0 heterocycles. The Kier molecular flexibility index (Phi) is 5.99. The van der Waals surface area contributed by atoms with Crippen LogP contribution in [-0.4, -0.2) is 6.04 Å². The van der Waals surface area contributed by atoms with Crippen LogP contribution in [0.15, 0.2) is 103 Å². The highest BCUT2D eigenvalue weighted by Gasteiger charge is 2.11. The lowest BCUT2D eigenvalue weighted by atomic mass is 9.92. The summed E-state index contributed by atoms with van der Waals surface area (Å²) in [5.41, 5.74) is 10.1. The summed E-state index contributed by atoms with van der Waals surface area (Å²) in [6.45, 7) is 6.46. The maximum absolute atomic E-state index is 3.62. The fourth-order valence-electron chi connectivity index (χ4n) is 4.05. The molecule has 4 rings (SSSR count). The summed E-state index contributed by atoms with van der Waals surface area (Å²) >= 11 is 0.